The van der Waals surface area contributed by atoms with Crippen LogP contribution in [-0.2, 0) is 9.57 Å². The number of hydrogen-bond donors (Lipinski definition) is 3. The van der Waals surface area contributed by atoms with Crippen molar-refractivity contribution in [3.63, 3.8) is 0 Å². The van der Waals surface area contributed by atoms with Gasteiger partial charge in [-0.3, -0.25) is 10.2 Å². The molecule has 6 unspecified atom stereocenters. The quantitative estimate of drug-likeness (QED) is 0.671. The summed E-state index contributed by atoms with van der Waals surface area (Å²) in [4.78, 5) is 16.8. The number of cyclic esters (lactones) is 1. The molecule has 3 N–H and O–H groups in total. The number of hydrogen-bond acceptors (Lipinski definition) is 5. The fourth-order valence-electron chi connectivity index (χ4n) is 4.81. The Hall–Kier alpha value is -0.850. The highest BCUT2D eigenvalue weighted by molar-refractivity contribution is 5.71. The molecule has 0 aromatic carbocycles. The van der Waals surface area contributed by atoms with Crippen LogP contribution in [0.25, 0.3) is 0 Å². The summed E-state index contributed by atoms with van der Waals surface area (Å²) in [6.45, 7) is 2.59. The van der Waals surface area contributed by atoms with E-state index in [4.69, 9.17) is 9.57 Å². The highest BCUT2D eigenvalue weighted by Crippen LogP contribution is 2.51. The van der Waals surface area contributed by atoms with Crippen LogP contribution in [0.2, 0.25) is 0 Å². The van der Waals surface area contributed by atoms with Crippen molar-refractivity contribution in [2.75, 3.05) is 6.61 Å². The zero-order valence-electron chi connectivity index (χ0n) is 11.9. The van der Waals surface area contributed by atoms with Crippen LogP contribution >= 0.6 is 0 Å². The van der Waals surface area contributed by atoms with Gasteiger partial charge in [-0.15, -0.1) is 0 Å². The van der Waals surface area contributed by atoms with Crippen LogP contribution in [0.15, 0.2) is 0 Å². The molecule has 6 heteroatoms. The first kappa shape index (κ1) is 12.9. The lowest BCUT2D eigenvalue weighted by atomic mass is 9.70. The summed E-state index contributed by atoms with van der Waals surface area (Å²) in [5, 5.41) is 6.55. The summed E-state index contributed by atoms with van der Waals surface area (Å²) >= 11 is 0. The third kappa shape index (κ3) is 1.93. The van der Waals surface area contributed by atoms with Crippen LogP contribution in [0.1, 0.15) is 39.0 Å². The Morgan fingerprint density at radius 3 is 2.85 bits per heavy atom. The topological polar surface area (TPSA) is 71.6 Å². The summed E-state index contributed by atoms with van der Waals surface area (Å²) in [6, 6.07) is 0. The van der Waals surface area contributed by atoms with E-state index >= 15 is 0 Å². The second kappa shape index (κ2) is 4.58. The summed E-state index contributed by atoms with van der Waals surface area (Å²) in [6.07, 6.45) is 5.98. The molecule has 4 aliphatic rings. The van der Waals surface area contributed by atoms with E-state index in [-0.39, 0.29) is 24.0 Å². The molecule has 0 bridgehead atoms. The van der Waals surface area contributed by atoms with E-state index in [0.717, 1.165) is 6.42 Å². The normalized spacial score (nSPS) is 51.0. The molecule has 2 heterocycles. The van der Waals surface area contributed by atoms with Gasteiger partial charge < -0.3 is 10.1 Å². The molecule has 2 saturated heterocycles. The van der Waals surface area contributed by atoms with Crippen LogP contribution in [0.5, 0.6) is 0 Å². The maximum atomic E-state index is 11.4. The molecule has 1 amide bonds. The third-order valence-electron chi connectivity index (χ3n) is 5.76. The van der Waals surface area contributed by atoms with Gasteiger partial charge in [-0.25, -0.2) is 4.79 Å². The minimum Gasteiger partial charge on any atom is -0.447 e. The lowest BCUT2D eigenvalue weighted by Crippen LogP contribution is -2.50. The molecule has 112 valence electrons. The van der Waals surface area contributed by atoms with E-state index in [1.165, 1.54) is 25.7 Å². The third-order valence-corrected chi connectivity index (χ3v) is 5.76. The number of hydroxylamine groups is 1. The second-order valence-corrected chi connectivity index (χ2v) is 6.86. The van der Waals surface area contributed by atoms with Crippen molar-refractivity contribution in [1.29, 1.82) is 0 Å². The Morgan fingerprint density at radius 1 is 1.25 bits per heavy atom. The Kier molecular flexibility index (Phi) is 2.94. The van der Waals surface area contributed by atoms with Crippen molar-refractivity contribution in [2.45, 2.75) is 57.0 Å². The van der Waals surface area contributed by atoms with Gasteiger partial charge in [0.15, 0.2) is 0 Å². The largest absolute Gasteiger partial charge is 0.447 e. The van der Waals surface area contributed by atoms with Gasteiger partial charge in [-0.1, -0.05) is 0 Å². The molecular formula is C14H23N3O3. The van der Waals surface area contributed by atoms with Crippen LogP contribution in [-0.4, -0.2) is 30.6 Å². The highest BCUT2D eigenvalue weighted by Gasteiger charge is 2.55. The van der Waals surface area contributed by atoms with E-state index in [0.29, 0.717) is 24.4 Å². The Bertz CT molecular complexity index is 418. The average molecular weight is 281 g/mol. The van der Waals surface area contributed by atoms with Gasteiger partial charge in [0.25, 0.3) is 0 Å². The molecule has 6 nitrogen and oxygen atoms in total. The zero-order chi connectivity index (χ0) is 13.7. The summed E-state index contributed by atoms with van der Waals surface area (Å²) in [5.41, 5.74) is 3.06. The molecule has 0 radical (unpaired) electrons. The Morgan fingerprint density at radius 2 is 2.15 bits per heavy atom. The molecule has 2 saturated carbocycles. The number of amides is 1. The van der Waals surface area contributed by atoms with E-state index < -0.39 is 0 Å². The lowest BCUT2D eigenvalue weighted by molar-refractivity contribution is 0.0214. The van der Waals surface area contributed by atoms with Crippen molar-refractivity contribution in [1.82, 2.24) is 16.1 Å². The SMILES string of the molecule is CC1NC(C2CCC3C(CCC34COC(=O)N4)C2)NO1. The maximum absolute atomic E-state index is 11.4. The molecule has 1 spiro atoms. The number of fused-ring (bicyclic) bond motifs is 2. The van der Waals surface area contributed by atoms with Gasteiger partial charge in [0.1, 0.15) is 12.8 Å². The first-order valence-corrected chi connectivity index (χ1v) is 7.78. The van der Waals surface area contributed by atoms with Crippen LogP contribution in [0, 0.1) is 17.8 Å². The van der Waals surface area contributed by atoms with Crippen molar-refractivity contribution >= 4 is 6.09 Å². The predicted octanol–water partition coefficient (Wildman–Crippen LogP) is 1.09. The molecular weight excluding hydrogens is 258 g/mol. The fourth-order valence-corrected chi connectivity index (χ4v) is 4.81. The van der Waals surface area contributed by atoms with Crippen molar-refractivity contribution in [3.05, 3.63) is 0 Å². The number of alkyl carbamates (subject to hydrolysis) is 1. The molecule has 20 heavy (non-hydrogen) atoms. The predicted molar refractivity (Wildman–Crippen MR) is 71.4 cm³/mol. The monoisotopic (exact) mass is 281 g/mol. The molecule has 0 aromatic rings. The van der Waals surface area contributed by atoms with E-state index in [1.54, 1.807) is 0 Å². The molecule has 2 aliphatic carbocycles. The van der Waals surface area contributed by atoms with E-state index in [2.05, 4.69) is 16.1 Å². The Labute approximate surface area is 118 Å². The van der Waals surface area contributed by atoms with E-state index in [1.807, 2.05) is 6.92 Å². The maximum Gasteiger partial charge on any atom is 0.407 e. The number of rotatable bonds is 1. The first-order chi connectivity index (χ1) is 9.66. The second-order valence-electron chi connectivity index (χ2n) is 6.86. The summed E-state index contributed by atoms with van der Waals surface area (Å²) in [7, 11) is 0. The average Bonchev–Trinajstić information content (AvgIpc) is 3.12. The fraction of sp³-hybridized carbons (Fsp3) is 0.929. The lowest BCUT2D eigenvalue weighted by Gasteiger charge is -2.39. The number of ether oxygens (including phenoxy) is 1. The summed E-state index contributed by atoms with van der Waals surface area (Å²) < 4.78 is 5.19. The van der Waals surface area contributed by atoms with Gasteiger partial charge in [0.05, 0.1) is 11.7 Å². The Balaban J connectivity index is 1.43. The van der Waals surface area contributed by atoms with Crippen molar-refractivity contribution in [3.8, 4) is 0 Å². The minimum atomic E-state index is -0.228. The molecule has 4 fully saturated rings. The number of carbonyl (C=O) groups excluding carboxylic acids is 1. The standard InChI is InChI=1S/C14H23N3O3/c1-8-15-12(17-20-8)10-2-3-11-9(6-10)4-5-14(11)7-19-13(18)16-14/h8-12,15,17H,2-7H2,1H3,(H,16,18). The minimum absolute atomic E-state index is 0.0625. The summed E-state index contributed by atoms with van der Waals surface area (Å²) in [5.74, 6) is 1.91. The molecule has 0 aromatic heterocycles. The first-order valence-electron chi connectivity index (χ1n) is 7.78. The van der Waals surface area contributed by atoms with Crippen molar-refractivity contribution in [2.24, 2.45) is 17.8 Å². The van der Waals surface area contributed by atoms with Gasteiger partial charge in [0.2, 0.25) is 0 Å². The smallest absolute Gasteiger partial charge is 0.407 e. The van der Waals surface area contributed by atoms with Crippen LogP contribution in [0.4, 0.5) is 4.79 Å². The van der Waals surface area contributed by atoms with Crippen molar-refractivity contribution < 1.29 is 14.4 Å². The van der Waals surface area contributed by atoms with Gasteiger partial charge in [-0.2, -0.15) is 5.48 Å². The van der Waals surface area contributed by atoms with E-state index in [9.17, 15) is 4.79 Å². The molecule has 6 atom stereocenters. The van der Waals surface area contributed by atoms with Gasteiger partial charge in [-0.05, 0) is 56.8 Å². The van der Waals surface area contributed by atoms with Crippen LogP contribution in [0.3, 0.4) is 0 Å². The highest BCUT2D eigenvalue weighted by atomic mass is 16.7. The van der Waals surface area contributed by atoms with Crippen LogP contribution < -0.4 is 16.1 Å². The number of carbonyl (C=O) groups is 1. The molecule has 4 rings (SSSR count). The molecule has 2 aliphatic heterocycles. The number of nitrogens with one attached hydrogen (secondary N) is 3. The zero-order valence-corrected chi connectivity index (χ0v) is 11.9. The van der Waals surface area contributed by atoms with Gasteiger partial charge in [0, 0.05) is 0 Å². The van der Waals surface area contributed by atoms with Gasteiger partial charge >= 0.3 is 6.09 Å².